The highest BCUT2D eigenvalue weighted by Gasteiger charge is 2.47. The lowest BCUT2D eigenvalue weighted by atomic mass is 9.93. The third kappa shape index (κ3) is 7.65. The Labute approximate surface area is 218 Å². The Kier molecular flexibility index (Phi) is 9.91. The number of nitrogens with one attached hydrogen (secondary N) is 3. The van der Waals surface area contributed by atoms with Crippen molar-refractivity contribution in [1.82, 2.24) is 20.3 Å². The number of hydrogen-bond acceptors (Lipinski definition) is 7. The standard InChI is InChI=1S/C25H39N5O6S/c1-4-20(26)23(31)29-22-17(15-28-37(3,34)35)7-8-18-9-12-21(30(18)25(22)33)24(32)27-14-13-16-5-10-19(36-2)11-6-16/h5-6,10-11,17-18,20-22,28H,4,7-9,12-15,26H2,1-3H3,(H,27,32)(H,29,31)/t17-,18?,20+,21+,22?/m1/s1. The third-order valence-electron chi connectivity index (χ3n) is 7.22. The summed E-state index contributed by atoms with van der Waals surface area (Å²) in [5, 5.41) is 5.71. The molecular weight excluding hydrogens is 498 g/mol. The van der Waals surface area contributed by atoms with Crippen LogP contribution in [0.4, 0.5) is 0 Å². The molecule has 3 rings (SSSR count). The van der Waals surface area contributed by atoms with Crippen LogP contribution < -0.4 is 25.8 Å². The lowest BCUT2D eigenvalue weighted by Crippen LogP contribution is -2.59. The van der Waals surface area contributed by atoms with Crippen molar-refractivity contribution in [3.63, 3.8) is 0 Å². The van der Waals surface area contributed by atoms with Crippen LogP contribution in [0.1, 0.15) is 44.6 Å². The van der Waals surface area contributed by atoms with Crippen LogP contribution in [-0.2, 0) is 30.8 Å². The van der Waals surface area contributed by atoms with E-state index in [2.05, 4.69) is 15.4 Å². The van der Waals surface area contributed by atoms with Crippen LogP contribution in [0.15, 0.2) is 24.3 Å². The summed E-state index contributed by atoms with van der Waals surface area (Å²) in [4.78, 5) is 41.2. The molecule has 2 fully saturated rings. The van der Waals surface area contributed by atoms with E-state index in [0.29, 0.717) is 45.1 Å². The van der Waals surface area contributed by atoms with Crippen LogP contribution in [0.2, 0.25) is 0 Å². The first-order chi connectivity index (χ1) is 17.5. The smallest absolute Gasteiger partial charge is 0.246 e. The van der Waals surface area contributed by atoms with Gasteiger partial charge in [-0.25, -0.2) is 13.1 Å². The Balaban J connectivity index is 1.71. The SMILES string of the molecule is CC[C@H](N)C(=O)NC1C(=O)N2C(CC[C@@H]1CNS(C)(=O)=O)CC[C@H]2C(=O)NCCc1ccc(OC)cc1. The Morgan fingerprint density at radius 1 is 1.16 bits per heavy atom. The van der Waals surface area contributed by atoms with Gasteiger partial charge in [0.1, 0.15) is 17.8 Å². The average Bonchev–Trinajstić information content (AvgIpc) is 3.25. The van der Waals surface area contributed by atoms with E-state index in [1.165, 1.54) is 0 Å². The van der Waals surface area contributed by atoms with Gasteiger partial charge < -0.3 is 26.0 Å². The Bertz CT molecular complexity index is 1060. The molecule has 1 aromatic carbocycles. The first-order valence-corrected chi connectivity index (χ1v) is 14.7. The van der Waals surface area contributed by atoms with E-state index in [1.807, 2.05) is 24.3 Å². The van der Waals surface area contributed by atoms with E-state index in [0.717, 1.165) is 17.6 Å². The zero-order valence-corrected chi connectivity index (χ0v) is 22.6. The van der Waals surface area contributed by atoms with Gasteiger partial charge in [-0.2, -0.15) is 0 Å². The third-order valence-corrected chi connectivity index (χ3v) is 7.91. The normalized spacial score (nSPS) is 24.6. The van der Waals surface area contributed by atoms with Gasteiger partial charge in [0.25, 0.3) is 0 Å². The van der Waals surface area contributed by atoms with Crippen molar-refractivity contribution in [1.29, 1.82) is 0 Å². The van der Waals surface area contributed by atoms with Gasteiger partial charge in [0.15, 0.2) is 0 Å². The molecular formula is C25H39N5O6S. The van der Waals surface area contributed by atoms with E-state index >= 15 is 0 Å². The number of sulfonamides is 1. The number of benzene rings is 1. The van der Waals surface area contributed by atoms with Gasteiger partial charge in [0.2, 0.25) is 27.7 Å². The summed E-state index contributed by atoms with van der Waals surface area (Å²) < 4.78 is 31.1. The zero-order valence-electron chi connectivity index (χ0n) is 21.7. The molecule has 0 aromatic heterocycles. The van der Waals surface area contributed by atoms with Crippen LogP contribution in [-0.4, -0.2) is 81.7 Å². The van der Waals surface area contributed by atoms with Gasteiger partial charge >= 0.3 is 0 Å². The van der Waals surface area contributed by atoms with Crippen molar-refractivity contribution in [2.24, 2.45) is 11.7 Å². The van der Waals surface area contributed by atoms with E-state index in [9.17, 15) is 22.8 Å². The van der Waals surface area contributed by atoms with Crippen molar-refractivity contribution >= 4 is 27.7 Å². The molecule has 2 unspecified atom stereocenters. The Morgan fingerprint density at radius 3 is 2.46 bits per heavy atom. The van der Waals surface area contributed by atoms with Gasteiger partial charge in [0, 0.05) is 25.0 Å². The number of nitrogens with two attached hydrogens (primary N) is 1. The van der Waals surface area contributed by atoms with Crippen molar-refractivity contribution < 1.29 is 27.5 Å². The van der Waals surface area contributed by atoms with Crippen molar-refractivity contribution in [3.05, 3.63) is 29.8 Å². The topological polar surface area (TPSA) is 160 Å². The number of fused-ring (bicyclic) bond motifs is 1. The second kappa shape index (κ2) is 12.7. The van der Waals surface area contributed by atoms with Crippen molar-refractivity contribution in [3.8, 4) is 5.75 Å². The molecule has 0 bridgehead atoms. The molecule has 2 aliphatic rings. The van der Waals surface area contributed by atoms with Crippen LogP contribution >= 0.6 is 0 Å². The van der Waals surface area contributed by atoms with E-state index < -0.39 is 40.0 Å². The molecule has 0 saturated carbocycles. The summed E-state index contributed by atoms with van der Waals surface area (Å²) in [5.74, 6) is -0.765. The first-order valence-electron chi connectivity index (χ1n) is 12.8. The zero-order chi connectivity index (χ0) is 27.2. The number of amides is 3. The van der Waals surface area contributed by atoms with Gasteiger partial charge in [-0.15, -0.1) is 0 Å². The maximum absolute atomic E-state index is 13.8. The summed E-state index contributed by atoms with van der Waals surface area (Å²) in [6.07, 6.45) is 4.42. The molecule has 2 aliphatic heterocycles. The summed E-state index contributed by atoms with van der Waals surface area (Å²) in [6.45, 7) is 2.20. The van der Waals surface area contributed by atoms with Crippen LogP contribution in [0.5, 0.6) is 5.75 Å². The number of hydrogen-bond donors (Lipinski definition) is 4. The van der Waals surface area contributed by atoms with E-state index in [4.69, 9.17) is 10.5 Å². The minimum absolute atomic E-state index is 0.0101. The highest BCUT2D eigenvalue weighted by molar-refractivity contribution is 7.88. The Morgan fingerprint density at radius 2 is 1.84 bits per heavy atom. The van der Waals surface area contributed by atoms with E-state index in [1.54, 1.807) is 18.9 Å². The minimum Gasteiger partial charge on any atom is -0.497 e. The molecule has 12 heteroatoms. The molecule has 2 saturated heterocycles. The molecule has 1 aromatic rings. The molecule has 3 amide bonds. The predicted molar refractivity (Wildman–Crippen MR) is 139 cm³/mol. The second-order valence-corrected chi connectivity index (χ2v) is 11.7. The van der Waals surface area contributed by atoms with Gasteiger partial charge in [-0.05, 0) is 56.2 Å². The van der Waals surface area contributed by atoms with Crippen molar-refractivity contribution in [2.75, 3.05) is 26.5 Å². The molecule has 5 atom stereocenters. The quantitative estimate of drug-likeness (QED) is 0.306. The maximum atomic E-state index is 13.8. The second-order valence-electron chi connectivity index (χ2n) is 9.84. The molecule has 0 aliphatic carbocycles. The monoisotopic (exact) mass is 537 g/mol. The van der Waals surface area contributed by atoms with E-state index in [-0.39, 0.29) is 24.4 Å². The van der Waals surface area contributed by atoms with Crippen LogP contribution in [0.3, 0.4) is 0 Å². The summed E-state index contributed by atoms with van der Waals surface area (Å²) in [6, 6.07) is 5.05. The van der Waals surface area contributed by atoms with Gasteiger partial charge in [-0.3, -0.25) is 14.4 Å². The van der Waals surface area contributed by atoms with Gasteiger partial charge in [0.05, 0.1) is 19.4 Å². The fraction of sp³-hybridized carbons (Fsp3) is 0.640. The number of carbonyl (C=O) groups excluding carboxylic acids is 3. The van der Waals surface area contributed by atoms with Crippen molar-refractivity contribution in [2.45, 2.75) is 69.6 Å². The number of nitrogens with zero attached hydrogens (tertiary/aromatic N) is 1. The molecule has 206 valence electrons. The number of ether oxygens (including phenoxy) is 1. The fourth-order valence-corrected chi connectivity index (χ4v) is 5.55. The number of carbonyl (C=O) groups is 3. The lowest BCUT2D eigenvalue weighted by molar-refractivity contribution is -0.143. The average molecular weight is 538 g/mol. The van der Waals surface area contributed by atoms with Gasteiger partial charge in [-0.1, -0.05) is 19.1 Å². The minimum atomic E-state index is -3.49. The lowest BCUT2D eigenvalue weighted by Gasteiger charge is -2.32. The molecule has 37 heavy (non-hydrogen) atoms. The highest BCUT2D eigenvalue weighted by atomic mass is 32.2. The predicted octanol–water partition coefficient (Wildman–Crippen LogP) is -0.105. The van der Waals surface area contributed by atoms with Crippen LogP contribution in [0.25, 0.3) is 0 Å². The largest absolute Gasteiger partial charge is 0.497 e. The molecule has 11 nitrogen and oxygen atoms in total. The molecule has 0 radical (unpaired) electrons. The summed E-state index contributed by atoms with van der Waals surface area (Å²) in [7, 11) is -1.89. The fourth-order valence-electron chi connectivity index (χ4n) is 5.04. The number of methoxy groups -OCH3 is 1. The highest BCUT2D eigenvalue weighted by Crippen LogP contribution is 2.34. The molecule has 2 heterocycles. The molecule has 5 N–H and O–H groups in total. The summed E-state index contributed by atoms with van der Waals surface area (Å²) >= 11 is 0. The number of rotatable bonds is 11. The maximum Gasteiger partial charge on any atom is 0.246 e. The summed E-state index contributed by atoms with van der Waals surface area (Å²) in [5.41, 5.74) is 6.94. The Hall–Kier alpha value is -2.70. The first kappa shape index (κ1) is 28.9. The molecule has 0 spiro atoms. The van der Waals surface area contributed by atoms with Crippen LogP contribution in [0, 0.1) is 5.92 Å².